The average Bonchev–Trinajstić information content (AvgIpc) is 3.08. The second kappa shape index (κ2) is 8.19. The molecule has 0 radical (unpaired) electrons. The van der Waals surface area contributed by atoms with Crippen molar-refractivity contribution in [3.63, 3.8) is 0 Å². The van der Waals surface area contributed by atoms with Crippen LogP contribution in [-0.2, 0) is 11.2 Å². The number of ether oxygens (including phenoxy) is 2. The molecule has 2 aromatic rings. The minimum absolute atomic E-state index is 0.0270. The smallest absolute Gasteiger partial charge is 0.407 e. The molecule has 0 spiro atoms. The largest absolute Gasteiger partial charge is 0.490 e. The number of piperidine rings is 3. The molecule has 1 N–H and O–H groups in total. The van der Waals surface area contributed by atoms with Crippen molar-refractivity contribution in [2.24, 2.45) is 11.3 Å². The summed E-state index contributed by atoms with van der Waals surface area (Å²) in [6.07, 6.45) is 2.96. The Morgan fingerprint density at radius 2 is 1.85 bits per heavy atom. The SMILES string of the molecule is CN1CCOc2cc(-c3ccc4c(c3)CC(C)(C)C4NC(=O)OC3CN4CCC3CC4)ccc21. The molecule has 3 saturated heterocycles. The molecule has 7 rings (SSSR count). The average molecular weight is 462 g/mol. The van der Waals surface area contributed by atoms with E-state index >= 15 is 0 Å². The molecule has 6 heteroatoms. The van der Waals surface area contributed by atoms with Crippen LogP contribution in [0.25, 0.3) is 11.1 Å². The van der Waals surface area contributed by atoms with Crippen molar-refractivity contribution >= 4 is 11.8 Å². The van der Waals surface area contributed by atoms with E-state index in [-0.39, 0.29) is 23.7 Å². The van der Waals surface area contributed by atoms with Crippen molar-refractivity contribution in [1.82, 2.24) is 10.2 Å². The van der Waals surface area contributed by atoms with Gasteiger partial charge >= 0.3 is 6.09 Å². The van der Waals surface area contributed by atoms with Crippen LogP contribution in [0.5, 0.6) is 5.75 Å². The Morgan fingerprint density at radius 3 is 2.62 bits per heavy atom. The number of carbonyl (C=O) groups is 1. The normalized spacial score (nSPS) is 28.6. The summed E-state index contributed by atoms with van der Waals surface area (Å²) in [4.78, 5) is 17.6. The lowest BCUT2D eigenvalue weighted by molar-refractivity contribution is -0.0348. The van der Waals surface area contributed by atoms with Crippen LogP contribution in [0.15, 0.2) is 36.4 Å². The maximum absolute atomic E-state index is 12.9. The number of nitrogens with zero attached hydrogens (tertiary/aromatic N) is 2. The molecule has 4 heterocycles. The number of amides is 1. The second-order valence-corrected chi connectivity index (χ2v) is 11.2. The van der Waals surface area contributed by atoms with Crippen LogP contribution in [0, 0.1) is 11.3 Å². The molecule has 2 atom stereocenters. The first kappa shape index (κ1) is 21.8. The topological polar surface area (TPSA) is 54.0 Å². The summed E-state index contributed by atoms with van der Waals surface area (Å²) in [6, 6.07) is 13.1. The Morgan fingerprint density at radius 1 is 1.09 bits per heavy atom. The maximum Gasteiger partial charge on any atom is 0.407 e. The van der Waals surface area contributed by atoms with Gasteiger partial charge in [-0.15, -0.1) is 0 Å². The van der Waals surface area contributed by atoms with Gasteiger partial charge in [-0.1, -0.05) is 38.1 Å². The van der Waals surface area contributed by atoms with Crippen LogP contribution >= 0.6 is 0 Å². The molecule has 4 aliphatic heterocycles. The summed E-state index contributed by atoms with van der Waals surface area (Å²) >= 11 is 0. The third-order valence-electron chi connectivity index (χ3n) is 8.39. The van der Waals surface area contributed by atoms with Gasteiger partial charge in [-0.25, -0.2) is 4.79 Å². The molecule has 1 aliphatic carbocycles. The van der Waals surface area contributed by atoms with E-state index in [0.29, 0.717) is 12.5 Å². The summed E-state index contributed by atoms with van der Waals surface area (Å²) < 4.78 is 11.9. The van der Waals surface area contributed by atoms with E-state index in [2.05, 4.69) is 72.4 Å². The second-order valence-electron chi connectivity index (χ2n) is 11.2. The molecule has 0 aromatic heterocycles. The lowest BCUT2D eigenvalue weighted by Gasteiger charge is -2.44. The number of nitrogens with one attached hydrogen (secondary N) is 1. The molecular formula is C28H35N3O3. The number of hydrogen-bond donors (Lipinski definition) is 1. The van der Waals surface area contributed by atoms with E-state index in [1.165, 1.54) is 16.7 Å². The zero-order valence-electron chi connectivity index (χ0n) is 20.5. The van der Waals surface area contributed by atoms with Crippen molar-refractivity contribution in [3.05, 3.63) is 47.5 Å². The van der Waals surface area contributed by atoms with Gasteiger partial charge in [-0.3, -0.25) is 4.90 Å². The summed E-state index contributed by atoms with van der Waals surface area (Å²) in [7, 11) is 2.10. The summed E-state index contributed by atoms with van der Waals surface area (Å²) in [5.41, 5.74) is 5.91. The standard InChI is InChI=1S/C28H35N3O3/c1-28(2)16-21-14-19(20-5-7-23-24(15-20)33-13-12-30(23)3)4-6-22(21)26(28)29-27(32)34-25-17-31-10-8-18(25)9-11-31/h4-7,14-15,18,25-26H,8-13,16-17H2,1-3H3,(H,29,32). The number of alkyl carbamates (subject to hydrolysis) is 1. The van der Waals surface area contributed by atoms with E-state index < -0.39 is 0 Å². The van der Waals surface area contributed by atoms with Gasteiger partial charge in [0, 0.05) is 13.6 Å². The lowest BCUT2D eigenvalue weighted by Crippen LogP contribution is -2.53. The van der Waals surface area contributed by atoms with Crippen LogP contribution in [0.3, 0.4) is 0 Å². The Bertz CT molecular complexity index is 1110. The molecule has 1 amide bonds. The van der Waals surface area contributed by atoms with Gasteiger partial charge in [-0.05, 0) is 78.1 Å². The first-order chi connectivity index (χ1) is 16.4. The molecule has 5 aliphatic rings. The van der Waals surface area contributed by atoms with Gasteiger partial charge in [0.2, 0.25) is 0 Å². The zero-order chi connectivity index (χ0) is 23.4. The summed E-state index contributed by atoms with van der Waals surface area (Å²) in [5.74, 6) is 1.46. The fourth-order valence-corrected chi connectivity index (χ4v) is 6.38. The van der Waals surface area contributed by atoms with Gasteiger partial charge < -0.3 is 19.7 Å². The van der Waals surface area contributed by atoms with Gasteiger partial charge in [0.15, 0.2) is 0 Å². The van der Waals surface area contributed by atoms with Crippen molar-refractivity contribution in [1.29, 1.82) is 0 Å². The molecular weight excluding hydrogens is 426 g/mol. The van der Waals surface area contributed by atoms with Crippen LogP contribution < -0.4 is 15.0 Å². The molecule has 180 valence electrons. The third-order valence-corrected chi connectivity index (χ3v) is 8.39. The number of anilines is 1. The first-order valence-electron chi connectivity index (χ1n) is 12.7. The van der Waals surface area contributed by atoms with E-state index in [0.717, 1.165) is 62.4 Å². The number of hydrogen-bond acceptors (Lipinski definition) is 5. The predicted molar refractivity (Wildman–Crippen MR) is 133 cm³/mol. The minimum atomic E-state index is -0.273. The number of benzene rings is 2. The quantitative estimate of drug-likeness (QED) is 0.723. The van der Waals surface area contributed by atoms with Gasteiger partial charge in [0.1, 0.15) is 18.5 Å². The van der Waals surface area contributed by atoms with E-state index in [1.807, 2.05) is 0 Å². The van der Waals surface area contributed by atoms with E-state index in [4.69, 9.17) is 9.47 Å². The van der Waals surface area contributed by atoms with Crippen molar-refractivity contribution in [2.75, 3.05) is 44.7 Å². The zero-order valence-corrected chi connectivity index (χ0v) is 20.5. The molecule has 34 heavy (non-hydrogen) atoms. The Balaban J connectivity index is 1.20. The Labute approximate surface area is 202 Å². The third kappa shape index (κ3) is 3.82. The monoisotopic (exact) mass is 461 g/mol. The van der Waals surface area contributed by atoms with Crippen LogP contribution in [0.4, 0.5) is 10.5 Å². The van der Waals surface area contributed by atoms with Crippen molar-refractivity contribution in [2.45, 2.75) is 45.3 Å². The molecule has 0 saturated carbocycles. The molecule has 2 bridgehead atoms. The van der Waals surface area contributed by atoms with E-state index in [1.54, 1.807) is 0 Å². The van der Waals surface area contributed by atoms with Crippen molar-refractivity contribution in [3.8, 4) is 16.9 Å². The van der Waals surface area contributed by atoms with Crippen molar-refractivity contribution < 1.29 is 14.3 Å². The molecule has 2 unspecified atom stereocenters. The van der Waals surface area contributed by atoms with Crippen LogP contribution in [0.1, 0.15) is 43.9 Å². The highest BCUT2D eigenvalue weighted by Crippen LogP contribution is 2.47. The predicted octanol–water partition coefficient (Wildman–Crippen LogP) is 4.63. The lowest BCUT2D eigenvalue weighted by atomic mass is 9.85. The highest BCUT2D eigenvalue weighted by atomic mass is 16.6. The fourth-order valence-electron chi connectivity index (χ4n) is 6.38. The number of rotatable bonds is 3. The number of fused-ring (bicyclic) bond motifs is 5. The van der Waals surface area contributed by atoms with Crippen LogP contribution in [-0.4, -0.2) is 56.9 Å². The van der Waals surface area contributed by atoms with Gasteiger partial charge in [0.05, 0.1) is 18.3 Å². The summed E-state index contributed by atoms with van der Waals surface area (Å²) in [5, 5.41) is 3.23. The highest BCUT2D eigenvalue weighted by Gasteiger charge is 2.42. The number of carbonyl (C=O) groups excluding carboxylic acids is 1. The molecule has 6 nitrogen and oxygen atoms in total. The van der Waals surface area contributed by atoms with Crippen LogP contribution in [0.2, 0.25) is 0 Å². The fraction of sp³-hybridized carbons (Fsp3) is 0.536. The maximum atomic E-state index is 12.9. The first-order valence-corrected chi connectivity index (χ1v) is 12.7. The number of likely N-dealkylation sites (N-methyl/N-ethyl adjacent to an activating group) is 1. The highest BCUT2D eigenvalue weighted by molar-refractivity contribution is 5.74. The van der Waals surface area contributed by atoms with E-state index in [9.17, 15) is 4.79 Å². The minimum Gasteiger partial charge on any atom is -0.490 e. The Hall–Kier alpha value is -2.73. The molecule has 2 aromatic carbocycles. The van der Waals surface area contributed by atoms with Gasteiger partial charge in [0.25, 0.3) is 0 Å². The Kier molecular flexibility index (Phi) is 5.25. The van der Waals surface area contributed by atoms with Gasteiger partial charge in [-0.2, -0.15) is 0 Å². The molecule has 3 fully saturated rings. The summed E-state index contributed by atoms with van der Waals surface area (Å²) in [6.45, 7) is 9.26.